The maximum Gasteiger partial charge on any atom is 0.181 e. The Bertz CT molecular complexity index is 500. The zero-order valence-corrected chi connectivity index (χ0v) is 8.18. The summed E-state index contributed by atoms with van der Waals surface area (Å²) in [5.74, 6) is 0. The van der Waals surface area contributed by atoms with Crippen molar-refractivity contribution in [2.24, 2.45) is 0 Å². The highest BCUT2D eigenvalue weighted by Gasteiger charge is 2.03. The van der Waals surface area contributed by atoms with E-state index in [2.05, 4.69) is 20.8 Å². The number of rotatable bonds is 2. The fourth-order valence-corrected chi connectivity index (χ4v) is 1.31. The minimum absolute atomic E-state index is 0.435. The molecule has 2 rings (SSSR count). The quantitative estimate of drug-likeness (QED) is 0.608. The molecule has 6 nitrogen and oxygen atoms in total. The highest BCUT2D eigenvalue weighted by Crippen LogP contribution is 2.23. The van der Waals surface area contributed by atoms with E-state index in [1.807, 2.05) is 0 Å². The van der Waals surface area contributed by atoms with Crippen molar-refractivity contribution in [3.05, 3.63) is 29.5 Å². The molecule has 1 aromatic carbocycles. The second kappa shape index (κ2) is 3.94. The summed E-state index contributed by atoms with van der Waals surface area (Å²) < 4.78 is 1.47. The molecular formula is C8H5ClN6. The SMILES string of the molecule is N#CNc1ccc(-n2cnnn2)cc1Cl. The summed E-state index contributed by atoms with van der Waals surface area (Å²) in [6.07, 6.45) is 3.26. The molecule has 0 radical (unpaired) electrons. The van der Waals surface area contributed by atoms with Crippen molar-refractivity contribution in [1.29, 1.82) is 5.26 Å². The predicted molar refractivity (Wildman–Crippen MR) is 53.4 cm³/mol. The van der Waals surface area contributed by atoms with Gasteiger partial charge < -0.3 is 0 Å². The maximum absolute atomic E-state index is 8.44. The third kappa shape index (κ3) is 1.87. The molecule has 0 aliphatic rings. The van der Waals surface area contributed by atoms with Crippen LogP contribution in [0.1, 0.15) is 0 Å². The molecule has 0 aliphatic heterocycles. The molecule has 0 spiro atoms. The van der Waals surface area contributed by atoms with E-state index in [0.717, 1.165) is 5.69 Å². The van der Waals surface area contributed by atoms with Crippen molar-refractivity contribution in [3.8, 4) is 11.9 Å². The average Bonchev–Trinajstić information content (AvgIpc) is 2.74. The van der Waals surface area contributed by atoms with Crippen molar-refractivity contribution in [1.82, 2.24) is 20.2 Å². The van der Waals surface area contributed by atoms with Crippen LogP contribution in [0.5, 0.6) is 0 Å². The number of halogens is 1. The summed E-state index contributed by atoms with van der Waals surface area (Å²) in [6, 6.07) is 5.10. The molecule has 15 heavy (non-hydrogen) atoms. The number of nitrogens with zero attached hydrogens (tertiary/aromatic N) is 5. The first-order chi connectivity index (χ1) is 7.31. The minimum atomic E-state index is 0.435. The van der Waals surface area contributed by atoms with Gasteiger partial charge in [-0.15, -0.1) is 5.10 Å². The van der Waals surface area contributed by atoms with Gasteiger partial charge in [0, 0.05) is 0 Å². The Kier molecular flexibility index (Phi) is 2.48. The molecule has 0 saturated carbocycles. The Labute approximate surface area is 90.1 Å². The van der Waals surface area contributed by atoms with Crippen LogP contribution in [0.25, 0.3) is 5.69 Å². The molecule has 0 bridgehead atoms. The lowest BCUT2D eigenvalue weighted by Gasteiger charge is -2.03. The van der Waals surface area contributed by atoms with Crippen molar-refractivity contribution in [2.75, 3.05) is 5.32 Å². The molecule has 0 fully saturated rings. The van der Waals surface area contributed by atoms with Crippen LogP contribution < -0.4 is 5.32 Å². The molecule has 1 heterocycles. The summed E-state index contributed by atoms with van der Waals surface area (Å²) in [7, 11) is 0. The molecule has 0 saturated heterocycles. The monoisotopic (exact) mass is 220 g/mol. The molecule has 0 amide bonds. The first-order valence-corrected chi connectivity index (χ1v) is 4.37. The highest BCUT2D eigenvalue weighted by molar-refractivity contribution is 6.33. The van der Waals surface area contributed by atoms with Crippen LogP contribution in [0.2, 0.25) is 5.02 Å². The van der Waals surface area contributed by atoms with E-state index in [1.165, 1.54) is 11.0 Å². The van der Waals surface area contributed by atoms with Gasteiger partial charge in [0.25, 0.3) is 0 Å². The first kappa shape index (κ1) is 9.43. The van der Waals surface area contributed by atoms with Crippen molar-refractivity contribution >= 4 is 17.3 Å². The molecule has 0 unspecified atom stereocenters. The van der Waals surface area contributed by atoms with E-state index < -0.39 is 0 Å². The Balaban J connectivity index is 2.39. The Morgan fingerprint density at radius 2 is 2.33 bits per heavy atom. The summed E-state index contributed by atoms with van der Waals surface area (Å²) >= 11 is 5.93. The van der Waals surface area contributed by atoms with Gasteiger partial charge in [0.05, 0.1) is 16.4 Å². The van der Waals surface area contributed by atoms with Gasteiger partial charge in [-0.2, -0.15) is 5.26 Å². The van der Waals surface area contributed by atoms with Crippen LogP contribution in [-0.4, -0.2) is 20.2 Å². The standard InChI is InChI=1S/C8H5ClN6/c9-7-3-6(15-5-12-13-14-15)1-2-8(7)11-4-10/h1-3,5,11H. The van der Waals surface area contributed by atoms with E-state index in [9.17, 15) is 0 Å². The average molecular weight is 221 g/mol. The highest BCUT2D eigenvalue weighted by atomic mass is 35.5. The lowest BCUT2D eigenvalue weighted by atomic mass is 10.3. The minimum Gasteiger partial charge on any atom is -0.291 e. The second-order valence-electron chi connectivity index (χ2n) is 2.66. The zero-order valence-electron chi connectivity index (χ0n) is 7.42. The van der Waals surface area contributed by atoms with Gasteiger partial charge in [0.2, 0.25) is 0 Å². The number of benzene rings is 1. The summed E-state index contributed by atoms with van der Waals surface area (Å²) in [5.41, 5.74) is 1.28. The molecule has 1 aromatic heterocycles. The number of anilines is 1. The van der Waals surface area contributed by atoms with Crippen LogP contribution >= 0.6 is 11.6 Å². The smallest absolute Gasteiger partial charge is 0.181 e. The van der Waals surface area contributed by atoms with Gasteiger partial charge >= 0.3 is 0 Å². The van der Waals surface area contributed by atoms with E-state index in [1.54, 1.807) is 24.4 Å². The van der Waals surface area contributed by atoms with E-state index in [-0.39, 0.29) is 0 Å². The van der Waals surface area contributed by atoms with Crippen molar-refractivity contribution < 1.29 is 0 Å². The summed E-state index contributed by atoms with van der Waals surface area (Å²) in [4.78, 5) is 0. The van der Waals surface area contributed by atoms with Crippen LogP contribution in [0.3, 0.4) is 0 Å². The number of nitrogens with one attached hydrogen (secondary N) is 1. The van der Waals surface area contributed by atoms with Crippen LogP contribution in [-0.2, 0) is 0 Å². The largest absolute Gasteiger partial charge is 0.291 e. The summed E-state index contributed by atoms with van der Waals surface area (Å²) in [6.45, 7) is 0. The topological polar surface area (TPSA) is 79.4 Å². The van der Waals surface area contributed by atoms with Gasteiger partial charge in [-0.25, -0.2) is 4.68 Å². The number of hydrogen-bond acceptors (Lipinski definition) is 5. The van der Waals surface area contributed by atoms with Crippen molar-refractivity contribution in [3.63, 3.8) is 0 Å². The predicted octanol–water partition coefficient (Wildman–Crippen LogP) is 1.21. The Hall–Kier alpha value is -2.13. The maximum atomic E-state index is 8.44. The van der Waals surface area contributed by atoms with Gasteiger partial charge in [0.15, 0.2) is 6.19 Å². The zero-order chi connectivity index (χ0) is 10.7. The van der Waals surface area contributed by atoms with E-state index in [0.29, 0.717) is 10.7 Å². The molecule has 74 valence electrons. The van der Waals surface area contributed by atoms with E-state index >= 15 is 0 Å². The van der Waals surface area contributed by atoms with Gasteiger partial charge in [-0.05, 0) is 28.6 Å². The first-order valence-electron chi connectivity index (χ1n) is 3.99. The molecule has 7 heteroatoms. The number of nitriles is 1. The van der Waals surface area contributed by atoms with Crippen molar-refractivity contribution in [2.45, 2.75) is 0 Å². The fourth-order valence-electron chi connectivity index (χ4n) is 1.09. The Morgan fingerprint density at radius 3 is 2.93 bits per heavy atom. The third-order valence-electron chi connectivity index (χ3n) is 1.76. The van der Waals surface area contributed by atoms with Crippen LogP contribution in [0, 0.1) is 11.5 Å². The molecule has 2 aromatic rings. The second-order valence-corrected chi connectivity index (χ2v) is 3.06. The van der Waals surface area contributed by atoms with Gasteiger partial charge in [-0.3, -0.25) is 5.32 Å². The lowest BCUT2D eigenvalue weighted by Crippen LogP contribution is -1.96. The Morgan fingerprint density at radius 1 is 1.47 bits per heavy atom. The lowest BCUT2D eigenvalue weighted by molar-refractivity contribution is 0.789. The number of aromatic nitrogens is 4. The normalized spacial score (nSPS) is 9.60. The molecule has 0 atom stereocenters. The third-order valence-corrected chi connectivity index (χ3v) is 2.07. The van der Waals surface area contributed by atoms with E-state index in [4.69, 9.17) is 16.9 Å². The van der Waals surface area contributed by atoms with Gasteiger partial charge in [-0.1, -0.05) is 11.6 Å². The van der Waals surface area contributed by atoms with Crippen LogP contribution in [0.4, 0.5) is 5.69 Å². The molecule has 1 N–H and O–H groups in total. The fraction of sp³-hybridized carbons (Fsp3) is 0. The molecule has 0 aliphatic carbocycles. The molecular weight excluding hydrogens is 216 g/mol. The number of hydrogen-bond donors (Lipinski definition) is 1. The van der Waals surface area contributed by atoms with Gasteiger partial charge in [0.1, 0.15) is 6.33 Å². The number of tetrazole rings is 1. The summed E-state index contributed by atoms with van der Waals surface area (Å²) in [5, 5.41) is 22.1. The van der Waals surface area contributed by atoms with Crippen LogP contribution in [0.15, 0.2) is 24.5 Å².